The minimum Gasteiger partial charge on any atom is -0.462 e. The molecule has 0 bridgehead atoms. The quantitative estimate of drug-likeness (QED) is 0.0261. The molecule has 1 unspecified atom stereocenters. The normalized spacial score (nSPS) is 12.6. The van der Waals surface area contributed by atoms with E-state index in [1.54, 1.807) is 0 Å². The predicted octanol–water partition coefficient (Wildman–Crippen LogP) is 23.1. The van der Waals surface area contributed by atoms with Crippen molar-refractivity contribution in [1.29, 1.82) is 0 Å². The van der Waals surface area contributed by atoms with Crippen molar-refractivity contribution in [3.05, 3.63) is 85.1 Å². The van der Waals surface area contributed by atoms with Gasteiger partial charge >= 0.3 is 17.9 Å². The van der Waals surface area contributed by atoms with E-state index < -0.39 is 6.10 Å². The van der Waals surface area contributed by atoms with Crippen LogP contribution in [0, 0.1) is 0 Å². The molecular weight excluding hydrogens is 961 g/mol. The van der Waals surface area contributed by atoms with E-state index in [0.29, 0.717) is 19.3 Å². The molecule has 0 aromatic heterocycles. The topological polar surface area (TPSA) is 78.9 Å². The first-order chi connectivity index (χ1) is 38.5. The van der Waals surface area contributed by atoms with E-state index >= 15 is 0 Å². The van der Waals surface area contributed by atoms with Crippen molar-refractivity contribution >= 4 is 17.9 Å². The first-order valence-corrected chi connectivity index (χ1v) is 33.6. The zero-order chi connectivity index (χ0) is 56.4. The van der Waals surface area contributed by atoms with Crippen LogP contribution in [0.2, 0.25) is 0 Å². The first-order valence-electron chi connectivity index (χ1n) is 33.6. The van der Waals surface area contributed by atoms with Gasteiger partial charge < -0.3 is 14.2 Å². The van der Waals surface area contributed by atoms with Crippen LogP contribution in [0.5, 0.6) is 0 Å². The molecule has 0 aromatic carbocycles. The zero-order valence-electron chi connectivity index (χ0n) is 51.7. The standard InChI is InChI=1S/C72H126O6/c1-4-7-10-13-16-19-22-25-28-30-31-32-33-34-35-36-37-38-39-40-41-42-45-47-50-53-56-59-62-65-71(74)77-68-69(67-76-70(73)64-61-58-55-52-49-46-43-27-24-21-18-15-12-9-6-3)78-72(75)66-63-60-57-54-51-48-44-29-26-23-20-17-14-11-8-5-2/h7,10,16,19,25,28,31-32,34-35,37-38,40-41,69H,4-6,8-9,11-15,17-18,20-24,26-27,29-30,33,36,39,42-68H2,1-3H3/b10-7-,19-16-,28-25-,32-31-,35-34-,38-37-,41-40-. The molecule has 1 atom stereocenters. The smallest absolute Gasteiger partial charge is 0.306 e. The molecule has 0 spiro atoms. The number of unbranched alkanes of at least 4 members (excludes halogenated alkanes) is 36. The van der Waals surface area contributed by atoms with Crippen molar-refractivity contribution in [3.63, 3.8) is 0 Å². The molecule has 0 saturated carbocycles. The molecule has 0 saturated heterocycles. The van der Waals surface area contributed by atoms with Crippen molar-refractivity contribution in [1.82, 2.24) is 0 Å². The highest BCUT2D eigenvalue weighted by atomic mass is 16.6. The largest absolute Gasteiger partial charge is 0.462 e. The Morgan fingerprint density at radius 2 is 0.500 bits per heavy atom. The van der Waals surface area contributed by atoms with Gasteiger partial charge in [0.2, 0.25) is 0 Å². The van der Waals surface area contributed by atoms with E-state index in [1.807, 2.05) is 0 Å². The fourth-order valence-electron chi connectivity index (χ4n) is 9.66. The van der Waals surface area contributed by atoms with Gasteiger partial charge in [-0.2, -0.15) is 0 Å². The maximum Gasteiger partial charge on any atom is 0.306 e. The average Bonchev–Trinajstić information content (AvgIpc) is 3.44. The number of allylic oxidation sites excluding steroid dienone is 14. The summed E-state index contributed by atoms with van der Waals surface area (Å²) in [6.07, 6.45) is 87.3. The lowest BCUT2D eigenvalue weighted by molar-refractivity contribution is -0.167. The lowest BCUT2D eigenvalue weighted by Gasteiger charge is -2.18. The molecule has 0 aliphatic carbocycles. The van der Waals surface area contributed by atoms with Crippen molar-refractivity contribution in [2.45, 2.75) is 341 Å². The van der Waals surface area contributed by atoms with Crippen LogP contribution in [-0.4, -0.2) is 37.2 Å². The van der Waals surface area contributed by atoms with Crippen LogP contribution >= 0.6 is 0 Å². The summed E-state index contributed by atoms with van der Waals surface area (Å²) in [6, 6.07) is 0. The fraction of sp³-hybridized carbons (Fsp3) is 0.764. The molecule has 0 fully saturated rings. The number of hydrogen-bond acceptors (Lipinski definition) is 6. The van der Waals surface area contributed by atoms with Gasteiger partial charge in [0, 0.05) is 19.3 Å². The highest BCUT2D eigenvalue weighted by Gasteiger charge is 2.19. The molecule has 0 amide bonds. The Labute approximate surface area is 484 Å². The summed E-state index contributed by atoms with van der Waals surface area (Å²) >= 11 is 0. The van der Waals surface area contributed by atoms with Crippen LogP contribution in [0.25, 0.3) is 0 Å². The van der Waals surface area contributed by atoms with Gasteiger partial charge in [0.15, 0.2) is 6.10 Å². The first kappa shape index (κ1) is 74.6. The van der Waals surface area contributed by atoms with Crippen molar-refractivity contribution in [2.75, 3.05) is 13.2 Å². The zero-order valence-corrected chi connectivity index (χ0v) is 51.7. The summed E-state index contributed by atoms with van der Waals surface area (Å²) in [7, 11) is 0. The van der Waals surface area contributed by atoms with Gasteiger partial charge in [-0.3, -0.25) is 14.4 Å². The van der Waals surface area contributed by atoms with Crippen LogP contribution in [0.3, 0.4) is 0 Å². The van der Waals surface area contributed by atoms with Gasteiger partial charge in [0.05, 0.1) is 0 Å². The van der Waals surface area contributed by atoms with Crippen molar-refractivity contribution in [3.8, 4) is 0 Å². The fourth-order valence-corrected chi connectivity index (χ4v) is 9.66. The number of carbonyl (C=O) groups excluding carboxylic acids is 3. The van der Waals surface area contributed by atoms with Gasteiger partial charge in [-0.05, 0) is 77.0 Å². The number of ether oxygens (including phenoxy) is 3. The van der Waals surface area contributed by atoms with Crippen LogP contribution < -0.4 is 0 Å². The SMILES string of the molecule is CC/C=C\C/C=C\C/C=C\C/C=C\C/C=C\C/C=C\C/C=C\CCCCCCCCCC(=O)OCC(COC(=O)CCCCCCCCCCCCCCCCC)OC(=O)CCCCCCCCCCCCCCCCCC. The number of rotatable bonds is 61. The Bertz CT molecular complexity index is 1480. The molecule has 6 heteroatoms. The van der Waals surface area contributed by atoms with E-state index in [1.165, 1.54) is 186 Å². The van der Waals surface area contributed by atoms with Crippen molar-refractivity contribution < 1.29 is 28.6 Å². The monoisotopic (exact) mass is 1090 g/mol. The lowest BCUT2D eigenvalue weighted by Crippen LogP contribution is -2.30. The molecule has 78 heavy (non-hydrogen) atoms. The Balaban J connectivity index is 4.31. The maximum atomic E-state index is 12.9. The minimum absolute atomic E-state index is 0.0746. The number of esters is 3. The second kappa shape index (κ2) is 66.1. The lowest BCUT2D eigenvalue weighted by atomic mass is 10.0. The summed E-state index contributed by atoms with van der Waals surface area (Å²) in [4.78, 5) is 38.4. The van der Waals surface area contributed by atoms with Crippen LogP contribution in [0.4, 0.5) is 0 Å². The third kappa shape index (κ3) is 63.4. The summed E-state index contributed by atoms with van der Waals surface area (Å²) in [5, 5.41) is 0. The highest BCUT2D eigenvalue weighted by molar-refractivity contribution is 5.71. The Morgan fingerprint density at radius 3 is 0.782 bits per heavy atom. The summed E-state index contributed by atoms with van der Waals surface area (Å²) in [5.41, 5.74) is 0. The van der Waals surface area contributed by atoms with E-state index in [9.17, 15) is 14.4 Å². The molecule has 6 nitrogen and oxygen atoms in total. The number of carbonyl (C=O) groups is 3. The molecule has 0 aliphatic rings. The second-order valence-electron chi connectivity index (χ2n) is 22.4. The van der Waals surface area contributed by atoms with Gasteiger partial charge in [-0.25, -0.2) is 0 Å². The Hall–Kier alpha value is -3.41. The number of hydrogen-bond donors (Lipinski definition) is 0. The third-order valence-corrected chi connectivity index (χ3v) is 14.7. The third-order valence-electron chi connectivity index (χ3n) is 14.7. The van der Waals surface area contributed by atoms with Crippen LogP contribution in [0.15, 0.2) is 85.1 Å². The Morgan fingerprint density at radius 1 is 0.269 bits per heavy atom. The van der Waals surface area contributed by atoms with Gasteiger partial charge in [-0.15, -0.1) is 0 Å². The minimum atomic E-state index is -0.779. The molecule has 0 N–H and O–H groups in total. The molecule has 0 aromatic rings. The molecular formula is C72H126O6. The molecule has 0 heterocycles. The molecule has 450 valence electrons. The molecule has 0 rings (SSSR count). The second-order valence-corrected chi connectivity index (χ2v) is 22.4. The average molecular weight is 1090 g/mol. The summed E-state index contributed by atoms with van der Waals surface area (Å²) in [6.45, 7) is 6.57. The summed E-state index contributed by atoms with van der Waals surface area (Å²) < 4.78 is 17.0. The summed E-state index contributed by atoms with van der Waals surface area (Å²) in [5.74, 6) is -0.867. The van der Waals surface area contributed by atoms with Gasteiger partial charge in [-0.1, -0.05) is 324 Å². The molecule has 0 radical (unpaired) electrons. The maximum absolute atomic E-state index is 12.9. The van der Waals surface area contributed by atoms with E-state index in [0.717, 1.165) is 109 Å². The highest BCUT2D eigenvalue weighted by Crippen LogP contribution is 2.17. The van der Waals surface area contributed by atoms with Crippen LogP contribution in [0.1, 0.15) is 335 Å². The van der Waals surface area contributed by atoms with Gasteiger partial charge in [0.1, 0.15) is 13.2 Å². The Kier molecular flexibility index (Phi) is 63.2. The predicted molar refractivity (Wildman–Crippen MR) is 339 cm³/mol. The van der Waals surface area contributed by atoms with E-state index in [4.69, 9.17) is 14.2 Å². The van der Waals surface area contributed by atoms with Gasteiger partial charge in [0.25, 0.3) is 0 Å². The molecule has 0 aliphatic heterocycles. The van der Waals surface area contributed by atoms with E-state index in [2.05, 4.69) is 106 Å². The van der Waals surface area contributed by atoms with Crippen LogP contribution in [-0.2, 0) is 28.6 Å². The van der Waals surface area contributed by atoms with E-state index in [-0.39, 0.29) is 31.1 Å². The van der Waals surface area contributed by atoms with Crippen molar-refractivity contribution in [2.24, 2.45) is 0 Å².